The first-order chi connectivity index (χ1) is 12.1. The van der Waals surface area contributed by atoms with E-state index in [-0.39, 0.29) is 18.1 Å². The number of nitrogens with one attached hydrogen (secondary N) is 2. The highest BCUT2D eigenvalue weighted by Crippen LogP contribution is 2.31. The lowest BCUT2D eigenvalue weighted by Crippen LogP contribution is -2.44. The van der Waals surface area contributed by atoms with E-state index >= 15 is 0 Å². The third-order valence-electron chi connectivity index (χ3n) is 4.73. The summed E-state index contributed by atoms with van der Waals surface area (Å²) in [7, 11) is 0. The molecule has 0 radical (unpaired) electrons. The van der Waals surface area contributed by atoms with E-state index in [2.05, 4.69) is 10.6 Å². The van der Waals surface area contributed by atoms with Gasteiger partial charge in [0.15, 0.2) is 0 Å². The molecule has 25 heavy (non-hydrogen) atoms. The maximum absolute atomic E-state index is 12.3. The Labute approximate surface area is 145 Å². The fourth-order valence-electron chi connectivity index (χ4n) is 3.40. The van der Waals surface area contributed by atoms with Gasteiger partial charge in [-0.05, 0) is 36.6 Å². The minimum Gasteiger partial charge on any atom is -0.459 e. The molecule has 3 atom stereocenters. The summed E-state index contributed by atoms with van der Waals surface area (Å²) in [5.74, 6) is 0.701. The van der Waals surface area contributed by atoms with Crippen LogP contribution in [0.3, 0.4) is 0 Å². The maximum atomic E-state index is 12.3. The van der Waals surface area contributed by atoms with Gasteiger partial charge in [0.25, 0.3) is 0 Å². The number of carbonyl (C=O) groups is 1. The first-order valence-corrected chi connectivity index (χ1v) is 8.43. The van der Waals surface area contributed by atoms with Gasteiger partial charge in [0.1, 0.15) is 11.3 Å². The smallest absolute Gasteiger partial charge is 0.315 e. The summed E-state index contributed by atoms with van der Waals surface area (Å²) < 4.78 is 5.78. The predicted molar refractivity (Wildman–Crippen MR) is 95.2 cm³/mol. The van der Waals surface area contributed by atoms with Crippen LogP contribution in [-0.2, 0) is 6.42 Å². The molecule has 0 spiro atoms. The molecule has 128 valence electrons. The van der Waals surface area contributed by atoms with Gasteiger partial charge in [-0.25, -0.2) is 4.79 Å². The number of aliphatic hydroxyl groups excluding tert-OH is 1. The van der Waals surface area contributed by atoms with Gasteiger partial charge in [-0.1, -0.05) is 42.5 Å². The van der Waals surface area contributed by atoms with Crippen LogP contribution in [0.2, 0.25) is 0 Å². The molecular formula is C20H20N2O3. The van der Waals surface area contributed by atoms with Crippen LogP contribution in [0.15, 0.2) is 59.0 Å². The Bertz CT molecular complexity index is 885. The van der Waals surface area contributed by atoms with Crippen molar-refractivity contribution >= 4 is 17.0 Å². The molecule has 4 rings (SSSR count). The number of fused-ring (bicyclic) bond motifs is 2. The Hall–Kier alpha value is -2.79. The van der Waals surface area contributed by atoms with Crippen molar-refractivity contribution in [2.24, 2.45) is 0 Å². The third-order valence-corrected chi connectivity index (χ3v) is 4.73. The van der Waals surface area contributed by atoms with E-state index in [0.717, 1.165) is 22.1 Å². The van der Waals surface area contributed by atoms with Crippen molar-refractivity contribution in [2.75, 3.05) is 0 Å². The molecule has 2 amide bonds. The summed E-state index contributed by atoms with van der Waals surface area (Å²) in [6, 6.07) is 16.5. The first-order valence-electron chi connectivity index (χ1n) is 8.43. The van der Waals surface area contributed by atoms with E-state index < -0.39 is 6.10 Å². The molecule has 2 aromatic carbocycles. The van der Waals surface area contributed by atoms with Crippen LogP contribution in [0, 0.1) is 0 Å². The van der Waals surface area contributed by atoms with Gasteiger partial charge in [-0.2, -0.15) is 0 Å². The molecule has 0 fully saturated rings. The quantitative estimate of drug-likeness (QED) is 0.686. The van der Waals surface area contributed by atoms with Crippen LogP contribution in [0.5, 0.6) is 0 Å². The summed E-state index contributed by atoms with van der Waals surface area (Å²) in [5.41, 5.74) is 2.76. The number of hydrogen-bond acceptors (Lipinski definition) is 3. The molecule has 3 aromatic rings. The second kappa shape index (κ2) is 6.26. The number of hydrogen-bond donors (Lipinski definition) is 3. The molecule has 1 aliphatic carbocycles. The molecule has 0 bridgehead atoms. The molecule has 1 aromatic heterocycles. The predicted octanol–water partition coefficient (Wildman–Crippen LogP) is 3.45. The third kappa shape index (κ3) is 2.98. The molecule has 3 N–H and O–H groups in total. The van der Waals surface area contributed by atoms with Crippen molar-refractivity contribution < 1.29 is 14.3 Å². The maximum Gasteiger partial charge on any atom is 0.315 e. The SMILES string of the molecule is C[C@@H](NC(=O)N[C@@H]1Cc2ccccc2[C@H]1O)c1cc2ccccc2o1. The van der Waals surface area contributed by atoms with E-state index in [4.69, 9.17) is 4.42 Å². The summed E-state index contributed by atoms with van der Waals surface area (Å²) >= 11 is 0. The molecule has 0 unspecified atom stereocenters. The van der Waals surface area contributed by atoms with Gasteiger partial charge in [-0.3, -0.25) is 0 Å². The highest BCUT2D eigenvalue weighted by Gasteiger charge is 2.31. The monoisotopic (exact) mass is 336 g/mol. The Morgan fingerprint density at radius 3 is 2.76 bits per heavy atom. The highest BCUT2D eigenvalue weighted by molar-refractivity contribution is 5.78. The standard InChI is InChI=1S/C20H20N2O3/c1-12(18-11-14-7-3-5-9-17(14)25-18)21-20(24)22-16-10-13-6-2-4-8-15(13)19(16)23/h2-9,11-12,16,19,23H,10H2,1H3,(H2,21,22,24)/t12-,16-,19-/m1/s1. The zero-order chi connectivity index (χ0) is 17.4. The van der Waals surface area contributed by atoms with Crippen LogP contribution in [-0.4, -0.2) is 17.2 Å². The molecule has 0 saturated carbocycles. The van der Waals surface area contributed by atoms with E-state index in [1.807, 2.05) is 61.5 Å². The molecule has 1 aliphatic rings. The molecule has 5 heteroatoms. The van der Waals surface area contributed by atoms with Gasteiger partial charge < -0.3 is 20.2 Å². The van der Waals surface area contributed by atoms with E-state index in [1.54, 1.807) is 0 Å². The van der Waals surface area contributed by atoms with Crippen molar-refractivity contribution in [3.63, 3.8) is 0 Å². The zero-order valence-corrected chi connectivity index (χ0v) is 13.9. The lowest BCUT2D eigenvalue weighted by molar-refractivity contribution is 0.142. The minimum absolute atomic E-state index is 0.270. The average molecular weight is 336 g/mol. The summed E-state index contributed by atoms with van der Waals surface area (Å²) in [4.78, 5) is 12.3. The Balaban J connectivity index is 1.41. The number of urea groups is 1. The number of rotatable bonds is 3. The highest BCUT2D eigenvalue weighted by atomic mass is 16.3. The second-order valence-corrected chi connectivity index (χ2v) is 6.48. The fraction of sp³-hybridized carbons (Fsp3) is 0.250. The van der Waals surface area contributed by atoms with Gasteiger partial charge >= 0.3 is 6.03 Å². The Morgan fingerprint density at radius 1 is 1.20 bits per heavy atom. The van der Waals surface area contributed by atoms with Crippen LogP contribution < -0.4 is 10.6 Å². The van der Waals surface area contributed by atoms with Gasteiger partial charge in [-0.15, -0.1) is 0 Å². The normalized spacial score (nSPS) is 20.2. The average Bonchev–Trinajstić information content (AvgIpc) is 3.17. The second-order valence-electron chi connectivity index (χ2n) is 6.48. The molecule has 0 aliphatic heterocycles. The number of para-hydroxylation sites is 1. The number of amides is 2. The molecule has 5 nitrogen and oxygen atoms in total. The lowest BCUT2D eigenvalue weighted by Gasteiger charge is -2.19. The molecule has 1 heterocycles. The Morgan fingerprint density at radius 2 is 1.96 bits per heavy atom. The Kier molecular flexibility index (Phi) is 3.93. The largest absolute Gasteiger partial charge is 0.459 e. The fourth-order valence-corrected chi connectivity index (χ4v) is 3.40. The van der Waals surface area contributed by atoms with Crippen molar-refractivity contribution in [3.8, 4) is 0 Å². The molecular weight excluding hydrogens is 316 g/mol. The van der Waals surface area contributed by atoms with E-state index in [0.29, 0.717) is 12.2 Å². The zero-order valence-electron chi connectivity index (χ0n) is 13.9. The van der Waals surface area contributed by atoms with Crippen molar-refractivity contribution in [2.45, 2.75) is 31.5 Å². The number of aliphatic hydroxyl groups is 1. The van der Waals surface area contributed by atoms with E-state index in [1.165, 1.54) is 0 Å². The van der Waals surface area contributed by atoms with Gasteiger partial charge in [0, 0.05) is 5.39 Å². The topological polar surface area (TPSA) is 74.5 Å². The van der Waals surface area contributed by atoms with E-state index in [9.17, 15) is 9.90 Å². The molecule has 0 saturated heterocycles. The van der Waals surface area contributed by atoms with Crippen molar-refractivity contribution in [3.05, 3.63) is 71.5 Å². The van der Waals surface area contributed by atoms with Gasteiger partial charge in [0.2, 0.25) is 0 Å². The van der Waals surface area contributed by atoms with Crippen LogP contribution in [0.25, 0.3) is 11.0 Å². The van der Waals surface area contributed by atoms with Crippen LogP contribution in [0.4, 0.5) is 4.79 Å². The first kappa shape index (κ1) is 15.7. The summed E-state index contributed by atoms with van der Waals surface area (Å²) in [5, 5.41) is 17.1. The number of benzene rings is 2. The lowest BCUT2D eigenvalue weighted by atomic mass is 10.1. The van der Waals surface area contributed by atoms with Gasteiger partial charge in [0.05, 0.1) is 18.2 Å². The minimum atomic E-state index is -0.677. The number of carbonyl (C=O) groups excluding carboxylic acids is 1. The van der Waals surface area contributed by atoms with Crippen LogP contribution in [0.1, 0.15) is 36.0 Å². The van der Waals surface area contributed by atoms with Crippen LogP contribution >= 0.6 is 0 Å². The number of furan rings is 1. The summed E-state index contributed by atoms with van der Waals surface area (Å²) in [6.07, 6.45) is -0.0486. The summed E-state index contributed by atoms with van der Waals surface area (Å²) in [6.45, 7) is 1.87. The van der Waals surface area contributed by atoms with Crippen molar-refractivity contribution in [1.29, 1.82) is 0 Å². The van der Waals surface area contributed by atoms with Crippen molar-refractivity contribution in [1.82, 2.24) is 10.6 Å².